The lowest BCUT2D eigenvalue weighted by atomic mass is 10.1. The lowest BCUT2D eigenvalue weighted by molar-refractivity contribution is -0.112. The summed E-state index contributed by atoms with van der Waals surface area (Å²) in [5.74, 6) is 0.0255. The number of hydrogen-bond donors (Lipinski definition) is 1. The van der Waals surface area contributed by atoms with E-state index in [9.17, 15) is 14.4 Å². The largest absolute Gasteiger partial charge is 0.493 e. The van der Waals surface area contributed by atoms with E-state index >= 15 is 0 Å². The molecule has 2 aromatic rings. The number of methoxy groups -OCH3 is 1. The van der Waals surface area contributed by atoms with E-state index in [1.54, 1.807) is 24.3 Å². The molecule has 0 aliphatic carbocycles. The van der Waals surface area contributed by atoms with Crippen LogP contribution in [-0.4, -0.2) is 19.6 Å². The second-order valence-electron chi connectivity index (χ2n) is 5.75. The first-order chi connectivity index (χ1) is 13.1. The molecule has 140 valence electrons. The Kier molecular flexibility index (Phi) is 7.38. The van der Waals surface area contributed by atoms with Crippen molar-refractivity contribution in [2.75, 3.05) is 19.0 Å². The summed E-state index contributed by atoms with van der Waals surface area (Å²) in [6.07, 6.45) is 3.39. The van der Waals surface area contributed by atoms with Crippen LogP contribution in [0.1, 0.15) is 25.3 Å². The Morgan fingerprint density at radius 1 is 1.26 bits per heavy atom. The highest BCUT2D eigenvalue weighted by Gasteiger charge is 2.11. The number of carbonyl (C=O) groups is 1. The number of benzene rings is 2. The standard InChI is InChI=1S/C21H21FN2O3/c1-3-4-10-27-19-9-8-15(12-20(19)26-2)11-16(14-23)21(25)24-18-7-5-6-17(22)13-18/h5-9,11-13H,3-4,10H2,1-2H3,(H,24,25). The number of nitriles is 1. The van der Waals surface area contributed by atoms with Crippen LogP contribution in [0.4, 0.5) is 10.1 Å². The van der Waals surface area contributed by atoms with Crippen molar-refractivity contribution in [3.05, 3.63) is 59.4 Å². The molecule has 27 heavy (non-hydrogen) atoms. The van der Waals surface area contributed by atoms with Crippen LogP contribution in [-0.2, 0) is 4.79 Å². The van der Waals surface area contributed by atoms with E-state index < -0.39 is 11.7 Å². The van der Waals surface area contributed by atoms with Gasteiger partial charge in [-0.1, -0.05) is 25.5 Å². The molecule has 0 spiro atoms. The first kappa shape index (κ1) is 20.0. The molecule has 0 fully saturated rings. The summed E-state index contributed by atoms with van der Waals surface area (Å²) in [5.41, 5.74) is 0.778. The molecule has 2 rings (SSSR count). The number of ether oxygens (including phenoxy) is 2. The first-order valence-corrected chi connectivity index (χ1v) is 8.57. The Morgan fingerprint density at radius 3 is 2.74 bits per heavy atom. The topological polar surface area (TPSA) is 71.3 Å². The van der Waals surface area contributed by atoms with Gasteiger partial charge in [0.05, 0.1) is 13.7 Å². The maximum Gasteiger partial charge on any atom is 0.266 e. The fourth-order valence-corrected chi connectivity index (χ4v) is 2.30. The van der Waals surface area contributed by atoms with E-state index in [-0.39, 0.29) is 11.3 Å². The lowest BCUT2D eigenvalue weighted by Gasteiger charge is -2.11. The summed E-state index contributed by atoms with van der Waals surface area (Å²) >= 11 is 0. The fourth-order valence-electron chi connectivity index (χ4n) is 2.30. The van der Waals surface area contributed by atoms with E-state index in [4.69, 9.17) is 9.47 Å². The van der Waals surface area contributed by atoms with Gasteiger partial charge >= 0.3 is 0 Å². The molecule has 6 heteroatoms. The molecule has 0 heterocycles. The number of unbranched alkanes of at least 4 members (excludes halogenated alkanes) is 1. The maximum absolute atomic E-state index is 13.2. The summed E-state index contributed by atoms with van der Waals surface area (Å²) in [5, 5.41) is 11.8. The van der Waals surface area contributed by atoms with Crippen LogP contribution >= 0.6 is 0 Å². The third-order valence-electron chi connectivity index (χ3n) is 3.70. The van der Waals surface area contributed by atoms with Crippen LogP contribution in [0.2, 0.25) is 0 Å². The van der Waals surface area contributed by atoms with Crippen LogP contribution in [0.25, 0.3) is 6.08 Å². The number of anilines is 1. The van der Waals surface area contributed by atoms with E-state index in [1.165, 1.54) is 31.4 Å². The number of hydrogen-bond acceptors (Lipinski definition) is 4. The number of nitrogens with one attached hydrogen (secondary N) is 1. The highest BCUT2D eigenvalue weighted by atomic mass is 19.1. The van der Waals surface area contributed by atoms with Gasteiger partial charge in [0, 0.05) is 5.69 Å². The van der Waals surface area contributed by atoms with E-state index in [0.717, 1.165) is 12.8 Å². The summed E-state index contributed by atoms with van der Waals surface area (Å²) < 4.78 is 24.2. The zero-order valence-corrected chi connectivity index (χ0v) is 15.3. The monoisotopic (exact) mass is 368 g/mol. The normalized spacial score (nSPS) is 10.8. The Bertz CT molecular complexity index is 872. The highest BCUT2D eigenvalue weighted by Crippen LogP contribution is 2.29. The smallest absolute Gasteiger partial charge is 0.266 e. The van der Waals surface area contributed by atoms with Crippen LogP contribution in [0.15, 0.2) is 48.0 Å². The molecule has 2 aromatic carbocycles. The van der Waals surface area contributed by atoms with Gasteiger partial charge in [0.1, 0.15) is 17.5 Å². The lowest BCUT2D eigenvalue weighted by Crippen LogP contribution is -2.13. The minimum atomic E-state index is -0.620. The number of nitrogens with zero attached hydrogens (tertiary/aromatic N) is 1. The molecule has 1 N–H and O–H groups in total. The van der Waals surface area contributed by atoms with Crippen LogP contribution in [0.5, 0.6) is 11.5 Å². The molecule has 0 saturated heterocycles. The van der Waals surface area contributed by atoms with Crippen LogP contribution in [0, 0.1) is 17.1 Å². The Labute approximate surface area is 158 Å². The molecule has 0 aliphatic heterocycles. The molecule has 0 bridgehead atoms. The van der Waals surface area contributed by atoms with Gasteiger partial charge in [-0.25, -0.2) is 4.39 Å². The first-order valence-electron chi connectivity index (χ1n) is 8.57. The Morgan fingerprint density at radius 2 is 2.07 bits per heavy atom. The third-order valence-corrected chi connectivity index (χ3v) is 3.70. The molecule has 1 amide bonds. The van der Waals surface area contributed by atoms with Crippen molar-refractivity contribution in [2.24, 2.45) is 0 Å². The predicted molar refractivity (Wildman–Crippen MR) is 102 cm³/mol. The molecular formula is C21H21FN2O3. The van der Waals surface area contributed by atoms with E-state index in [1.807, 2.05) is 6.07 Å². The van der Waals surface area contributed by atoms with Crippen molar-refractivity contribution >= 4 is 17.7 Å². The Balaban J connectivity index is 2.18. The van der Waals surface area contributed by atoms with Crippen LogP contribution < -0.4 is 14.8 Å². The van der Waals surface area contributed by atoms with Crippen molar-refractivity contribution in [1.29, 1.82) is 5.26 Å². The average Bonchev–Trinajstić information content (AvgIpc) is 2.66. The van der Waals surface area contributed by atoms with Gasteiger partial charge in [0.25, 0.3) is 5.91 Å². The number of halogens is 1. The minimum Gasteiger partial charge on any atom is -0.493 e. The quantitative estimate of drug-likeness (QED) is 0.421. The van der Waals surface area contributed by atoms with Gasteiger partial charge in [-0.2, -0.15) is 5.26 Å². The second kappa shape index (κ2) is 9.97. The molecule has 0 atom stereocenters. The van der Waals surface area contributed by atoms with Crippen molar-refractivity contribution in [3.63, 3.8) is 0 Å². The van der Waals surface area contributed by atoms with Crippen molar-refractivity contribution in [1.82, 2.24) is 0 Å². The van der Waals surface area contributed by atoms with Crippen molar-refractivity contribution in [3.8, 4) is 17.6 Å². The molecule has 0 unspecified atom stereocenters. The predicted octanol–water partition coefficient (Wildman–Crippen LogP) is 4.56. The van der Waals surface area contributed by atoms with Crippen molar-refractivity contribution < 1.29 is 18.7 Å². The highest BCUT2D eigenvalue weighted by molar-refractivity contribution is 6.09. The summed E-state index contributed by atoms with van der Waals surface area (Å²) in [7, 11) is 1.53. The number of amides is 1. The minimum absolute atomic E-state index is 0.110. The average molecular weight is 368 g/mol. The molecule has 0 saturated carbocycles. The number of rotatable bonds is 8. The maximum atomic E-state index is 13.2. The van der Waals surface area contributed by atoms with Crippen LogP contribution in [0.3, 0.4) is 0 Å². The molecular weight excluding hydrogens is 347 g/mol. The van der Waals surface area contributed by atoms with Gasteiger partial charge in [-0.05, 0) is 48.4 Å². The fraction of sp³-hybridized carbons (Fsp3) is 0.238. The molecule has 5 nitrogen and oxygen atoms in total. The van der Waals surface area contributed by atoms with Crippen molar-refractivity contribution in [2.45, 2.75) is 19.8 Å². The van der Waals surface area contributed by atoms with Gasteiger partial charge in [-0.15, -0.1) is 0 Å². The van der Waals surface area contributed by atoms with Gasteiger partial charge < -0.3 is 14.8 Å². The Hall–Kier alpha value is -3.33. The summed E-state index contributed by atoms with van der Waals surface area (Å²) in [6, 6.07) is 12.5. The zero-order chi connectivity index (χ0) is 19.6. The SMILES string of the molecule is CCCCOc1ccc(C=C(C#N)C(=O)Nc2cccc(F)c2)cc1OC. The third kappa shape index (κ3) is 5.86. The molecule has 0 radical (unpaired) electrons. The summed E-state index contributed by atoms with van der Waals surface area (Å²) in [6.45, 7) is 2.66. The number of carbonyl (C=O) groups excluding carboxylic acids is 1. The second-order valence-corrected chi connectivity index (χ2v) is 5.75. The van der Waals surface area contributed by atoms with E-state index in [0.29, 0.717) is 23.7 Å². The molecule has 0 aliphatic rings. The van der Waals surface area contributed by atoms with Gasteiger partial charge in [-0.3, -0.25) is 4.79 Å². The van der Waals surface area contributed by atoms with Gasteiger partial charge in [0.2, 0.25) is 0 Å². The van der Waals surface area contributed by atoms with Gasteiger partial charge in [0.15, 0.2) is 11.5 Å². The molecule has 0 aromatic heterocycles. The summed E-state index contributed by atoms with van der Waals surface area (Å²) in [4.78, 5) is 12.3. The zero-order valence-electron chi connectivity index (χ0n) is 15.3. The van der Waals surface area contributed by atoms with E-state index in [2.05, 4.69) is 12.2 Å².